The molecule has 1 atom stereocenters. The van der Waals surface area contributed by atoms with Crippen LogP contribution in [0, 0.1) is 13.8 Å². The van der Waals surface area contributed by atoms with Gasteiger partial charge in [-0.3, -0.25) is 4.79 Å². The molecule has 2 rings (SSSR count). The molecule has 0 saturated carbocycles. The smallest absolute Gasteiger partial charge is 0.237 e. The van der Waals surface area contributed by atoms with Crippen LogP contribution < -0.4 is 5.32 Å². The Morgan fingerprint density at radius 1 is 1.43 bits per heavy atom. The molecule has 4 nitrogen and oxygen atoms in total. The van der Waals surface area contributed by atoms with Crippen LogP contribution in [0.2, 0.25) is 5.02 Å². The minimum Gasteiger partial charge on any atom is -0.325 e. The van der Waals surface area contributed by atoms with E-state index < -0.39 is 0 Å². The van der Waals surface area contributed by atoms with Crippen LogP contribution in [0.15, 0.2) is 22.5 Å². The Labute approximate surface area is 137 Å². The van der Waals surface area contributed by atoms with Crippen LogP contribution in [0.5, 0.6) is 0 Å². The molecule has 0 aliphatic rings. The summed E-state index contributed by atoms with van der Waals surface area (Å²) >= 11 is 9.02. The van der Waals surface area contributed by atoms with Gasteiger partial charge in [0.1, 0.15) is 5.01 Å². The van der Waals surface area contributed by atoms with E-state index in [9.17, 15) is 4.79 Å². The first kappa shape index (κ1) is 16.3. The molecule has 0 radical (unpaired) electrons. The number of nitrogens with zero attached hydrogens (tertiary/aromatic N) is 2. The van der Waals surface area contributed by atoms with E-state index in [1.807, 2.05) is 39.0 Å². The molecule has 1 aromatic carbocycles. The minimum atomic E-state index is -0.198. The number of carbonyl (C=O) groups is 1. The van der Waals surface area contributed by atoms with Crippen LogP contribution >= 0.6 is 34.7 Å². The molecule has 1 aromatic heterocycles. The molecule has 0 spiro atoms. The highest BCUT2D eigenvalue weighted by molar-refractivity contribution is 8.02. The van der Waals surface area contributed by atoms with Crippen molar-refractivity contribution in [2.45, 2.75) is 36.8 Å². The lowest BCUT2D eigenvalue weighted by Crippen LogP contribution is -2.24. The SMILES string of the molecule is CCC(Sc1nnc(C)s1)C(=O)Nc1cccc(Cl)c1C. The number of rotatable bonds is 5. The second-order valence-corrected chi connectivity index (χ2v) is 7.54. The van der Waals surface area contributed by atoms with E-state index in [4.69, 9.17) is 11.6 Å². The van der Waals surface area contributed by atoms with Gasteiger partial charge in [-0.1, -0.05) is 47.7 Å². The van der Waals surface area contributed by atoms with Crippen LogP contribution in [0.1, 0.15) is 23.9 Å². The maximum absolute atomic E-state index is 12.4. The summed E-state index contributed by atoms with van der Waals surface area (Å²) in [4.78, 5) is 12.4. The van der Waals surface area contributed by atoms with Crippen molar-refractivity contribution in [3.05, 3.63) is 33.8 Å². The molecule has 21 heavy (non-hydrogen) atoms. The first-order valence-electron chi connectivity index (χ1n) is 6.54. The van der Waals surface area contributed by atoms with E-state index in [-0.39, 0.29) is 11.2 Å². The van der Waals surface area contributed by atoms with Crippen molar-refractivity contribution in [3.8, 4) is 0 Å². The van der Waals surface area contributed by atoms with Crippen molar-refractivity contribution in [1.29, 1.82) is 0 Å². The highest BCUT2D eigenvalue weighted by Gasteiger charge is 2.20. The van der Waals surface area contributed by atoms with Gasteiger partial charge in [-0.15, -0.1) is 10.2 Å². The van der Waals surface area contributed by atoms with E-state index in [1.54, 1.807) is 0 Å². The van der Waals surface area contributed by atoms with E-state index in [2.05, 4.69) is 15.5 Å². The summed E-state index contributed by atoms with van der Waals surface area (Å²) in [7, 11) is 0. The quantitative estimate of drug-likeness (QED) is 0.823. The van der Waals surface area contributed by atoms with Crippen LogP contribution in [-0.4, -0.2) is 21.4 Å². The maximum Gasteiger partial charge on any atom is 0.237 e. The molecule has 7 heteroatoms. The van der Waals surface area contributed by atoms with E-state index in [1.165, 1.54) is 23.1 Å². The first-order valence-corrected chi connectivity index (χ1v) is 8.61. The van der Waals surface area contributed by atoms with Crippen LogP contribution in [0.4, 0.5) is 5.69 Å². The molecule has 0 fully saturated rings. The Morgan fingerprint density at radius 2 is 2.19 bits per heavy atom. The molecule has 2 aromatic rings. The van der Waals surface area contributed by atoms with Gasteiger partial charge >= 0.3 is 0 Å². The highest BCUT2D eigenvalue weighted by atomic mass is 35.5. The second-order valence-electron chi connectivity index (χ2n) is 4.50. The zero-order valence-corrected chi connectivity index (χ0v) is 14.4. The topological polar surface area (TPSA) is 54.9 Å². The number of carbonyl (C=O) groups excluding carboxylic acids is 1. The van der Waals surface area contributed by atoms with Crippen LogP contribution in [0.3, 0.4) is 0 Å². The fourth-order valence-electron chi connectivity index (χ4n) is 1.73. The zero-order valence-electron chi connectivity index (χ0n) is 12.0. The van der Waals surface area contributed by atoms with Gasteiger partial charge in [0.05, 0.1) is 5.25 Å². The summed E-state index contributed by atoms with van der Waals surface area (Å²) in [6.07, 6.45) is 0.717. The Balaban J connectivity index is 2.08. The van der Waals surface area contributed by atoms with Crippen molar-refractivity contribution in [1.82, 2.24) is 10.2 Å². The molecule has 1 heterocycles. The summed E-state index contributed by atoms with van der Waals surface area (Å²) in [5, 5.41) is 12.3. The summed E-state index contributed by atoms with van der Waals surface area (Å²) in [6.45, 7) is 5.77. The molecule has 112 valence electrons. The molecule has 0 bridgehead atoms. The van der Waals surface area contributed by atoms with Gasteiger partial charge in [-0.25, -0.2) is 0 Å². The number of hydrogen-bond acceptors (Lipinski definition) is 5. The number of amides is 1. The Bertz CT molecular complexity index is 645. The average Bonchev–Trinajstić information content (AvgIpc) is 2.86. The van der Waals surface area contributed by atoms with Gasteiger partial charge in [0, 0.05) is 10.7 Å². The standard InChI is InChI=1S/C14H16ClN3OS2/c1-4-12(21-14-18-17-9(3)20-14)13(19)16-11-7-5-6-10(15)8(11)2/h5-7,12H,4H2,1-3H3,(H,16,19). The van der Waals surface area contributed by atoms with Gasteiger partial charge in [0.25, 0.3) is 0 Å². The number of thioether (sulfide) groups is 1. The highest BCUT2D eigenvalue weighted by Crippen LogP contribution is 2.30. The fourth-order valence-corrected chi connectivity index (χ4v) is 3.88. The van der Waals surface area contributed by atoms with Gasteiger partial charge < -0.3 is 5.32 Å². The predicted molar refractivity (Wildman–Crippen MR) is 89.4 cm³/mol. The number of hydrogen-bond donors (Lipinski definition) is 1. The number of benzene rings is 1. The van der Waals surface area contributed by atoms with Crippen LogP contribution in [0.25, 0.3) is 0 Å². The van der Waals surface area contributed by atoms with Crippen molar-refractivity contribution < 1.29 is 4.79 Å². The second kappa shape index (κ2) is 7.24. The first-order chi connectivity index (χ1) is 10.0. The lowest BCUT2D eigenvalue weighted by atomic mass is 10.2. The Morgan fingerprint density at radius 3 is 2.81 bits per heavy atom. The van der Waals surface area contributed by atoms with E-state index in [0.29, 0.717) is 5.02 Å². The number of aromatic nitrogens is 2. The van der Waals surface area contributed by atoms with E-state index >= 15 is 0 Å². The Hall–Kier alpha value is -1.11. The third kappa shape index (κ3) is 4.18. The molecule has 1 N–H and O–H groups in total. The number of nitrogens with one attached hydrogen (secondary N) is 1. The molecule has 0 saturated heterocycles. The minimum absolute atomic E-state index is 0.0410. The summed E-state index contributed by atoms with van der Waals surface area (Å²) in [6, 6.07) is 5.49. The summed E-state index contributed by atoms with van der Waals surface area (Å²) in [5.74, 6) is -0.0410. The zero-order chi connectivity index (χ0) is 15.4. The average molecular weight is 342 g/mol. The summed E-state index contributed by atoms with van der Waals surface area (Å²) < 4.78 is 0.817. The molecular formula is C14H16ClN3OS2. The monoisotopic (exact) mass is 341 g/mol. The Kier molecular flexibility index (Phi) is 5.61. The van der Waals surface area contributed by atoms with Gasteiger partial charge in [0.15, 0.2) is 4.34 Å². The van der Waals surface area contributed by atoms with Gasteiger partial charge in [0.2, 0.25) is 5.91 Å². The lowest BCUT2D eigenvalue weighted by molar-refractivity contribution is -0.115. The largest absolute Gasteiger partial charge is 0.325 e. The van der Waals surface area contributed by atoms with Crippen molar-refractivity contribution in [3.63, 3.8) is 0 Å². The normalized spacial score (nSPS) is 12.2. The predicted octanol–water partition coefficient (Wildman–Crippen LogP) is 4.32. The molecular weight excluding hydrogens is 326 g/mol. The van der Waals surface area contributed by atoms with Crippen molar-refractivity contribution in [2.24, 2.45) is 0 Å². The molecule has 1 amide bonds. The third-order valence-corrected chi connectivity index (χ3v) is 5.64. The van der Waals surface area contributed by atoms with Gasteiger partial charge in [-0.2, -0.15) is 0 Å². The number of aryl methyl sites for hydroxylation is 1. The van der Waals surface area contributed by atoms with Crippen molar-refractivity contribution >= 4 is 46.3 Å². The number of anilines is 1. The van der Waals surface area contributed by atoms with Crippen molar-refractivity contribution in [2.75, 3.05) is 5.32 Å². The molecule has 1 unspecified atom stereocenters. The molecule has 0 aliphatic heterocycles. The lowest BCUT2D eigenvalue weighted by Gasteiger charge is -2.15. The molecule has 0 aliphatic carbocycles. The van der Waals surface area contributed by atoms with Crippen LogP contribution in [-0.2, 0) is 4.79 Å². The van der Waals surface area contributed by atoms with Gasteiger partial charge in [-0.05, 0) is 38.0 Å². The third-order valence-electron chi connectivity index (χ3n) is 2.94. The fraction of sp³-hybridized carbons (Fsp3) is 0.357. The number of halogens is 1. The summed E-state index contributed by atoms with van der Waals surface area (Å²) in [5.41, 5.74) is 1.62. The maximum atomic E-state index is 12.4. The van der Waals surface area contributed by atoms with E-state index in [0.717, 1.165) is 27.0 Å².